The lowest BCUT2D eigenvalue weighted by atomic mass is 9.92. The van der Waals surface area contributed by atoms with E-state index in [9.17, 15) is 0 Å². The third-order valence-corrected chi connectivity index (χ3v) is 5.37. The second-order valence-electron chi connectivity index (χ2n) is 6.10. The summed E-state index contributed by atoms with van der Waals surface area (Å²) in [5.74, 6) is 0.852. The molecule has 2 rings (SSSR count). The molecule has 1 aromatic heterocycles. The molecule has 0 amide bonds. The Hall–Kier alpha value is -0.410. The van der Waals surface area contributed by atoms with Gasteiger partial charge in [0.15, 0.2) is 0 Å². The molecular formula is C16H28N2S. The lowest BCUT2D eigenvalue weighted by molar-refractivity contribution is 0.314. The monoisotopic (exact) mass is 280 g/mol. The van der Waals surface area contributed by atoms with Crippen LogP contribution >= 0.6 is 11.3 Å². The van der Waals surface area contributed by atoms with Crippen LogP contribution in [0.3, 0.4) is 0 Å². The number of thiazole rings is 1. The van der Waals surface area contributed by atoms with Crippen molar-refractivity contribution in [3.8, 4) is 0 Å². The molecule has 1 unspecified atom stereocenters. The van der Waals surface area contributed by atoms with Gasteiger partial charge in [-0.15, -0.1) is 11.3 Å². The zero-order chi connectivity index (χ0) is 13.8. The van der Waals surface area contributed by atoms with Gasteiger partial charge >= 0.3 is 0 Å². The van der Waals surface area contributed by atoms with Gasteiger partial charge in [-0.05, 0) is 46.5 Å². The van der Waals surface area contributed by atoms with Crippen molar-refractivity contribution in [2.24, 2.45) is 5.92 Å². The summed E-state index contributed by atoms with van der Waals surface area (Å²) in [5.41, 5.74) is 1.25. The summed E-state index contributed by atoms with van der Waals surface area (Å²) in [6.45, 7) is 8.91. The molecule has 2 nitrogen and oxygen atoms in total. The van der Waals surface area contributed by atoms with E-state index >= 15 is 0 Å². The molecule has 1 N–H and O–H groups in total. The first-order valence-corrected chi connectivity index (χ1v) is 8.59. The number of hydrogen-bond donors (Lipinski definition) is 1. The van der Waals surface area contributed by atoms with E-state index in [4.69, 9.17) is 0 Å². The molecule has 19 heavy (non-hydrogen) atoms. The SMILES string of the molecule is Cc1nc(C(C)N[C@H](C)C2CCCCCC2)c(C)s1. The quantitative estimate of drug-likeness (QED) is 0.804. The molecule has 1 aliphatic carbocycles. The van der Waals surface area contributed by atoms with E-state index in [0.717, 1.165) is 5.92 Å². The highest BCUT2D eigenvalue weighted by atomic mass is 32.1. The average Bonchev–Trinajstić information content (AvgIpc) is 2.58. The molecule has 1 aromatic rings. The van der Waals surface area contributed by atoms with Crippen LogP contribution in [0.25, 0.3) is 0 Å². The Morgan fingerprint density at radius 1 is 1.11 bits per heavy atom. The van der Waals surface area contributed by atoms with Crippen LogP contribution in [-0.4, -0.2) is 11.0 Å². The van der Waals surface area contributed by atoms with Crippen LogP contribution in [0.5, 0.6) is 0 Å². The van der Waals surface area contributed by atoms with Crippen LogP contribution < -0.4 is 5.32 Å². The first-order valence-electron chi connectivity index (χ1n) is 7.78. The summed E-state index contributed by atoms with van der Waals surface area (Å²) in [6.07, 6.45) is 8.50. The van der Waals surface area contributed by atoms with E-state index in [1.807, 2.05) is 11.3 Å². The van der Waals surface area contributed by atoms with Gasteiger partial charge in [0.05, 0.1) is 10.7 Å². The second-order valence-corrected chi connectivity index (χ2v) is 7.51. The van der Waals surface area contributed by atoms with Crippen molar-refractivity contribution in [1.29, 1.82) is 0 Å². The summed E-state index contributed by atoms with van der Waals surface area (Å²) < 4.78 is 0. The van der Waals surface area contributed by atoms with Crippen LogP contribution in [0.2, 0.25) is 0 Å². The van der Waals surface area contributed by atoms with Crippen molar-refractivity contribution in [3.05, 3.63) is 15.6 Å². The Morgan fingerprint density at radius 3 is 2.26 bits per heavy atom. The third-order valence-electron chi connectivity index (χ3n) is 4.47. The van der Waals surface area contributed by atoms with Crippen LogP contribution in [-0.2, 0) is 0 Å². The number of aryl methyl sites for hydroxylation is 2. The van der Waals surface area contributed by atoms with Crippen molar-refractivity contribution < 1.29 is 0 Å². The van der Waals surface area contributed by atoms with Crippen molar-refractivity contribution in [3.63, 3.8) is 0 Å². The maximum absolute atomic E-state index is 4.68. The molecule has 0 saturated heterocycles. The van der Waals surface area contributed by atoms with Crippen LogP contribution in [0.15, 0.2) is 0 Å². The van der Waals surface area contributed by atoms with E-state index in [2.05, 4.69) is 38.0 Å². The van der Waals surface area contributed by atoms with Crippen molar-refractivity contribution in [2.45, 2.75) is 78.3 Å². The number of aromatic nitrogens is 1. The molecule has 0 radical (unpaired) electrons. The molecule has 1 aliphatic rings. The minimum Gasteiger partial charge on any atom is -0.306 e. The third kappa shape index (κ3) is 4.03. The van der Waals surface area contributed by atoms with Gasteiger partial charge in [-0.2, -0.15) is 0 Å². The first-order chi connectivity index (χ1) is 9.08. The topological polar surface area (TPSA) is 24.9 Å². The molecule has 3 heteroatoms. The van der Waals surface area contributed by atoms with Gasteiger partial charge in [0, 0.05) is 17.0 Å². The fourth-order valence-electron chi connectivity index (χ4n) is 3.37. The maximum Gasteiger partial charge on any atom is 0.0900 e. The second kappa shape index (κ2) is 6.85. The lowest BCUT2D eigenvalue weighted by Gasteiger charge is -2.27. The van der Waals surface area contributed by atoms with Gasteiger partial charge < -0.3 is 5.32 Å². The Labute approximate surface area is 122 Å². The molecule has 1 saturated carbocycles. The highest BCUT2D eigenvalue weighted by molar-refractivity contribution is 7.11. The summed E-state index contributed by atoms with van der Waals surface area (Å²) in [7, 11) is 0. The summed E-state index contributed by atoms with van der Waals surface area (Å²) in [4.78, 5) is 6.05. The zero-order valence-corrected chi connectivity index (χ0v) is 13.6. The molecule has 0 aromatic carbocycles. The number of nitrogens with one attached hydrogen (secondary N) is 1. The first kappa shape index (κ1) is 15.0. The van der Waals surface area contributed by atoms with Gasteiger partial charge in [-0.25, -0.2) is 4.98 Å². The zero-order valence-electron chi connectivity index (χ0n) is 12.8. The summed E-state index contributed by atoms with van der Waals surface area (Å²) in [6, 6.07) is 0.984. The Balaban J connectivity index is 1.93. The summed E-state index contributed by atoms with van der Waals surface area (Å²) in [5, 5.41) is 4.98. The normalized spacial score (nSPS) is 21.1. The number of nitrogens with zero attached hydrogens (tertiary/aromatic N) is 1. The largest absolute Gasteiger partial charge is 0.306 e. The van der Waals surface area contributed by atoms with Gasteiger partial charge in [-0.1, -0.05) is 25.7 Å². The van der Waals surface area contributed by atoms with Crippen molar-refractivity contribution >= 4 is 11.3 Å². The van der Waals surface area contributed by atoms with Gasteiger partial charge in [0.2, 0.25) is 0 Å². The van der Waals surface area contributed by atoms with E-state index in [-0.39, 0.29) is 0 Å². The van der Waals surface area contributed by atoms with Crippen LogP contribution in [0, 0.1) is 19.8 Å². The number of hydrogen-bond acceptors (Lipinski definition) is 3. The predicted octanol–water partition coefficient (Wildman–Crippen LogP) is 4.77. The molecule has 0 spiro atoms. The highest BCUT2D eigenvalue weighted by Crippen LogP contribution is 2.28. The standard InChI is InChI=1S/C16H28N2S/c1-11(15-9-7-5-6-8-10-15)17-12(2)16-13(3)19-14(4)18-16/h11-12,15,17H,5-10H2,1-4H3/t11-,12?/m1/s1. The molecule has 2 atom stereocenters. The van der Waals surface area contributed by atoms with Crippen molar-refractivity contribution in [1.82, 2.24) is 10.3 Å². The van der Waals surface area contributed by atoms with Crippen molar-refractivity contribution in [2.75, 3.05) is 0 Å². The molecule has 1 fully saturated rings. The minimum absolute atomic E-state index is 0.378. The van der Waals surface area contributed by atoms with E-state index < -0.39 is 0 Å². The van der Waals surface area contributed by atoms with Crippen LogP contribution in [0.4, 0.5) is 0 Å². The smallest absolute Gasteiger partial charge is 0.0900 e. The molecule has 0 aliphatic heterocycles. The fraction of sp³-hybridized carbons (Fsp3) is 0.812. The molecule has 0 bridgehead atoms. The Bertz CT molecular complexity index is 391. The van der Waals surface area contributed by atoms with Gasteiger partial charge in [0.1, 0.15) is 0 Å². The molecular weight excluding hydrogens is 252 g/mol. The number of rotatable bonds is 4. The molecule has 1 heterocycles. The fourth-order valence-corrected chi connectivity index (χ4v) is 4.28. The minimum atomic E-state index is 0.378. The Kier molecular flexibility index (Phi) is 5.40. The maximum atomic E-state index is 4.68. The summed E-state index contributed by atoms with van der Waals surface area (Å²) >= 11 is 1.81. The van der Waals surface area contributed by atoms with E-state index in [1.165, 1.54) is 54.1 Å². The Morgan fingerprint density at radius 2 is 1.74 bits per heavy atom. The van der Waals surface area contributed by atoms with E-state index in [0.29, 0.717) is 12.1 Å². The van der Waals surface area contributed by atoms with Gasteiger partial charge in [-0.3, -0.25) is 0 Å². The average molecular weight is 280 g/mol. The van der Waals surface area contributed by atoms with E-state index in [1.54, 1.807) is 0 Å². The highest BCUT2D eigenvalue weighted by Gasteiger charge is 2.22. The molecule has 108 valence electrons. The van der Waals surface area contributed by atoms with Gasteiger partial charge in [0.25, 0.3) is 0 Å². The van der Waals surface area contributed by atoms with Crippen LogP contribution in [0.1, 0.15) is 74.0 Å². The predicted molar refractivity (Wildman–Crippen MR) is 83.8 cm³/mol. The lowest BCUT2D eigenvalue weighted by Crippen LogP contribution is -2.35.